The van der Waals surface area contributed by atoms with E-state index in [-0.39, 0.29) is 0 Å². The summed E-state index contributed by atoms with van der Waals surface area (Å²) in [7, 11) is 0. The Kier molecular flexibility index (Phi) is 4.77. The lowest BCUT2D eigenvalue weighted by Crippen LogP contribution is -2.21. The Hall–Kier alpha value is -1.40. The van der Waals surface area contributed by atoms with Crippen LogP contribution in [0.25, 0.3) is 0 Å². The molecule has 1 atom stereocenters. The first-order valence-electron chi connectivity index (χ1n) is 5.67. The maximum atomic E-state index is 13.3. The van der Waals surface area contributed by atoms with E-state index in [1.807, 2.05) is 0 Å². The monoisotopic (exact) mass is 401 g/mol. The maximum absolute atomic E-state index is 13.3. The molecule has 0 bridgehead atoms. The molecule has 3 nitrogen and oxygen atoms in total. The number of nitrogens with one attached hydrogen (secondary N) is 1. The summed E-state index contributed by atoms with van der Waals surface area (Å²) in [4.78, 5) is 11.4. The molecule has 0 aliphatic heterocycles. The number of carboxylic acids is 1. The van der Waals surface area contributed by atoms with Gasteiger partial charge in [-0.2, -0.15) is 0 Å². The number of benzene rings is 2. The van der Waals surface area contributed by atoms with E-state index >= 15 is 0 Å². The highest BCUT2D eigenvalue weighted by Crippen LogP contribution is 2.28. The lowest BCUT2D eigenvalue weighted by molar-refractivity contribution is -0.138. The van der Waals surface area contributed by atoms with Crippen LogP contribution in [-0.4, -0.2) is 11.1 Å². The summed E-state index contributed by atoms with van der Waals surface area (Å²) in [5, 5.41) is 12.2. The van der Waals surface area contributed by atoms with Gasteiger partial charge in [0.15, 0.2) is 6.04 Å². The fourth-order valence-corrected chi connectivity index (χ4v) is 2.46. The number of aliphatic carboxylic acids is 1. The average Bonchev–Trinajstić information content (AvgIpc) is 2.41. The number of rotatable bonds is 4. The van der Waals surface area contributed by atoms with E-state index < -0.39 is 17.8 Å². The highest BCUT2D eigenvalue weighted by molar-refractivity contribution is 9.10. The molecular formula is C14H10Br2FNO2. The van der Waals surface area contributed by atoms with Crippen molar-refractivity contribution in [3.8, 4) is 0 Å². The summed E-state index contributed by atoms with van der Waals surface area (Å²) < 4.78 is 14.7. The van der Waals surface area contributed by atoms with Crippen LogP contribution in [0, 0.1) is 5.82 Å². The SMILES string of the molecule is O=C(O)C(Nc1ccc(Br)cc1)c1cc(F)ccc1Br. The first-order chi connectivity index (χ1) is 9.47. The molecular weight excluding hydrogens is 393 g/mol. The van der Waals surface area contributed by atoms with Gasteiger partial charge in [0, 0.05) is 20.2 Å². The zero-order chi connectivity index (χ0) is 14.7. The van der Waals surface area contributed by atoms with Gasteiger partial charge in [0.2, 0.25) is 0 Å². The molecule has 0 heterocycles. The largest absolute Gasteiger partial charge is 0.479 e. The number of hydrogen-bond acceptors (Lipinski definition) is 2. The minimum absolute atomic E-state index is 0.334. The van der Waals surface area contributed by atoms with Crippen LogP contribution in [0.2, 0.25) is 0 Å². The minimum Gasteiger partial charge on any atom is -0.479 e. The van der Waals surface area contributed by atoms with Crippen molar-refractivity contribution >= 4 is 43.5 Å². The van der Waals surface area contributed by atoms with Crippen molar-refractivity contribution in [2.75, 3.05) is 5.32 Å². The normalized spacial score (nSPS) is 11.9. The first-order valence-corrected chi connectivity index (χ1v) is 7.26. The number of carbonyl (C=O) groups is 1. The van der Waals surface area contributed by atoms with E-state index in [1.165, 1.54) is 18.2 Å². The van der Waals surface area contributed by atoms with Gasteiger partial charge in [-0.1, -0.05) is 31.9 Å². The van der Waals surface area contributed by atoms with E-state index in [2.05, 4.69) is 37.2 Å². The molecule has 20 heavy (non-hydrogen) atoms. The highest BCUT2D eigenvalue weighted by Gasteiger charge is 2.22. The Morgan fingerprint density at radius 3 is 2.40 bits per heavy atom. The molecule has 2 N–H and O–H groups in total. The Morgan fingerprint density at radius 1 is 1.15 bits per heavy atom. The molecule has 2 rings (SSSR count). The van der Waals surface area contributed by atoms with Gasteiger partial charge < -0.3 is 10.4 Å². The molecule has 2 aromatic rings. The third kappa shape index (κ3) is 3.58. The van der Waals surface area contributed by atoms with Crippen LogP contribution >= 0.6 is 31.9 Å². The van der Waals surface area contributed by atoms with E-state index in [4.69, 9.17) is 0 Å². The van der Waals surface area contributed by atoms with Crippen molar-refractivity contribution in [2.24, 2.45) is 0 Å². The predicted octanol–water partition coefficient (Wildman–Crippen LogP) is 4.59. The lowest BCUT2D eigenvalue weighted by Gasteiger charge is -2.17. The van der Waals surface area contributed by atoms with Crippen LogP contribution < -0.4 is 5.32 Å². The Morgan fingerprint density at radius 2 is 1.80 bits per heavy atom. The number of anilines is 1. The molecule has 0 saturated carbocycles. The van der Waals surface area contributed by atoms with Gasteiger partial charge in [-0.15, -0.1) is 0 Å². The third-order valence-corrected chi connectivity index (χ3v) is 3.92. The van der Waals surface area contributed by atoms with Crippen LogP contribution in [0.4, 0.5) is 10.1 Å². The summed E-state index contributed by atoms with van der Waals surface area (Å²) in [6.07, 6.45) is 0. The topological polar surface area (TPSA) is 49.3 Å². The van der Waals surface area contributed by atoms with Crippen molar-refractivity contribution in [1.82, 2.24) is 0 Å². The average molecular weight is 403 g/mol. The Labute approximate surface area is 132 Å². The summed E-state index contributed by atoms with van der Waals surface area (Å²) >= 11 is 6.55. The highest BCUT2D eigenvalue weighted by atomic mass is 79.9. The van der Waals surface area contributed by atoms with Crippen LogP contribution in [0.1, 0.15) is 11.6 Å². The van der Waals surface area contributed by atoms with E-state index in [0.717, 1.165) is 4.47 Å². The molecule has 104 valence electrons. The fraction of sp³-hybridized carbons (Fsp3) is 0.0714. The molecule has 0 saturated heterocycles. The fourth-order valence-electron chi connectivity index (χ4n) is 1.72. The van der Waals surface area contributed by atoms with Gasteiger partial charge in [-0.05, 0) is 42.5 Å². The molecule has 6 heteroatoms. The van der Waals surface area contributed by atoms with Gasteiger partial charge >= 0.3 is 5.97 Å². The van der Waals surface area contributed by atoms with Gasteiger partial charge in [-0.25, -0.2) is 9.18 Å². The first kappa shape index (κ1) is 15.0. The minimum atomic E-state index is -1.08. The third-order valence-electron chi connectivity index (χ3n) is 2.67. The van der Waals surface area contributed by atoms with Crippen molar-refractivity contribution in [3.63, 3.8) is 0 Å². The van der Waals surface area contributed by atoms with Gasteiger partial charge in [0.25, 0.3) is 0 Å². The van der Waals surface area contributed by atoms with Crippen LogP contribution in [0.3, 0.4) is 0 Å². The molecule has 0 aliphatic rings. The van der Waals surface area contributed by atoms with E-state index in [1.54, 1.807) is 24.3 Å². The zero-order valence-corrected chi connectivity index (χ0v) is 13.3. The van der Waals surface area contributed by atoms with Crippen LogP contribution in [0.15, 0.2) is 51.4 Å². The second-order valence-electron chi connectivity index (χ2n) is 4.09. The Balaban J connectivity index is 2.34. The number of hydrogen-bond donors (Lipinski definition) is 2. The molecule has 0 spiro atoms. The summed E-state index contributed by atoms with van der Waals surface area (Å²) in [5.41, 5.74) is 0.970. The lowest BCUT2D eigenvalue weighted by atomic mass is 10.1. The maximum Gasteiger partial charge on any atom is 0.330 e. The summed E-state index contributed by atoms with van der Waals surface area (Å²) in [5.74, 6) is -1.56. The van der Waals surface area contributed by atoms with Gasteiger partial charge in [-0.3, -0.25) is 0 Å². The number of halogens is 3. The Bertz CT molecular complexity index is 632. The summed E-state index contributed by atoms with van der Waals surface area (Å²) in [6.45, 7) is 0. The smallest absolute Gasteiger partial charge is 0.330 e. The van der Waals surface area contributed by atoms with Gasteiger partial charge in [0.1, 0.15) is 5.82 Å². The van der Waals surface area contributed by atoms with Crippen molar-refractivity contribution in [3.05, 3.63) is 62.8 Å². The standard InChI is InChI=1S/C14H10Br2FNO2/c15-8-1-4-10(5-2-8)18-13(14(19)20)11-7-9(17)3-6-12(11)16/h1-7,13,18H,(H,19,20). The molecule has 2 aromatic carbocycles. The molecule has 0 aromatic heterocycles. The number of carboxylic acid groups (broad SMARTS) is 1. The van der Waals surface area contributed by atoms with E-state index in [9.17, 15) is 14.3 Å². The van der Waals surface area contributed by atoms with E-state index in [0.29, 0.717) is 15.7 Å². The van der Waals surface area contributed by atoms with Crippen molar-refractivity contribution in [2.45, 2.75) is 6.04 Å². The molecule has 0 aliphatic carbocycles. The van der Waals surface area contributed by atoms with Crippen molar-refractivity contribution < 1.29 is 14.3 Å². The predicted molar refractivity (Wildman–Crippen MR) is 82.2 cm³/mol. The molecule has 1 unspecified atom stereocenters. The van der Waals surface area contributed by atoms with Crippen LogP contribution in [-0.2, 0) is 4.79 Å². The quantitative estimate of drug-likeness (QED) is 0.786. The molecule has 0 radical (unpaired) electrons. The second kappa shape index (κ2) is 6.37. The zero-order valence-electron chi connectivity index (χ0n) is 10.1. The van der Waals surface area contributed by atoms with Gasteiger partial charge in [0.05, 0.1) is 0 Å². The molecule has 0 fully saturated rings. The van der Waals surface area contributed by atoms with Crippen molar-refractivity contribution in [1.29, 1.82) is 0 Å². The summed E-state index contributed by atoms with van der Waals surface area (Å²) in [6, 6.07) is 10.00. The second-order valence-corrected chi connectivity index (χ2v) is 5.86. The molecule has 0 amide bonds. The van der Waals surface area contributed by atoms with Crippen LogP contribution in [0.5, 0.6) is 0 Å².